The fourth-order valence-corrected chi connectivity index (χ4v) is 8.53. The smallest absolute Gasteiger partial charge is 0.355 e. The Morgan fingerprint density at radius 3 is 1.54 bits per heavy atom. The van der Waals surface area contributed by atoms with E-state index < -0.39 is 22.6 Å². The molecule has 0 bridgehead atoms. The molecule has 0 saturated heterocycles. The maximum atomic E-state index is 14.1. The third-order valence-electron chi connectivity index (χ3n) is 14.2. The zero-order chi connectivity index (χ0) is 51.1. The first kappa shape index (κ1) is 54.9. The molecule has 5 rings (SSSR count). The highest BCUT2D eigenvalue weighted by molar-refractivity contribution is 5.82. The van der Waals surface area contributed by atoms with E-state index in [9.17, 15) is 9.59 Å². The lowest BCUT2D eigenvalue weighted by Crippen LogP contribution is -2.54. The molecular formula is C63H80O7. The van der Waals surface area contributed by atoms with Crippen LogP contribution in [0.25, 0.3) is 11.1 Å². The number of benzene rings is 5. The van der Waals surface area contributed by atoms with Crippen molar-refractivity contribution < 1.29 is 33.3 Å². The van der Waals surface area contributed by atoms with E-state index in [1.165, 1.54) is 42.4 Å². The second-order valence-electron chi connectivity index (χ2n) is 20.6. The summed E-state index contributed by atoms with van der Waals surface area (Å²) in [5.74, 6) is 8.65. The third kappa shape index (κ3) is 14.5. The molecule has 0 N–H and O–H groups in total. The molecule has 7 nitrogen and oxygen atoms in total. The van der Waals surface area contributed by atoms with E-state index in [2.05, 4.69) is 69.9 Å². The van der Waals surface area contributed by atoms with E-state index in [4.69, 9.17) is 23.7 Å². The molecule has 0 aliphatic rings. The lowest BCUT2D eigenvalue weighted by atomic mass is 9.70. The largest absolute Gasteiger partial charge is 0.486 e. The number of rotatable bonds is 23. The van der Waals surface area contributed by atoms with Crippen molar-refractivity contribution in [3.63, 3.8) is 0 Å². The molecule has 0 saturated carbocycles. The van der Waals surface area contributed by atoms with Crippen molar-refractivity contribution in [2.24, 2.45) is 5.41 Å². The normalized spacial score (nSPS) is 14.4. The van der Waals surface area contributed by atoms with Gasteiger partial charge in [0.25, 0.3) is 0 Å². The molecule has 0 aliphatic heterocycles. The minimum atomic E-state index is -1.16. The second-order valence-corrected chi connectivity index (χ2v) is 20.6. The van der Waals surface area contributed by atoms with Gasteiger partial charge in [0.2, 0.25) is 5.60 Å². The van der Waals surface area contributed by atoms with Gasteiger partial charge < -0.3 is 23.7 Å². The first-order valence-corrected chi connectivity index (χ1v) is 25.7. The van der Waals surface area contributed by atoms with Gasteiger partial charge in [-0.1, -0.05) is 128 Å². The third-order valence-corrected chi connectivity index (χ3v) is 14.2. The molecule has 4 unspecified atom stereocenters. The summed E-state index contributed by atoms with van der Waals surface area (Å²) in [6, 6.07) is 36.2. The number of ether oxygens (including phenoxy) is 5. The summed E-state index contributed by atoms with van der Waals surface area (Å²) < 4.78 is 31.1. The van der Waals surface area contributed by atoms with E-state index in [1.807, 2.05) is 134 Å². The Labute approximate surface area is 421 Å². The summed E-state index contributed by atoms with van der Waals surface area (Å²) in [6.45, 7) is 26.2. The number of unbranched alkanes of at least 4 members (excludes halogenated alkanes) is 4. The summed E-state index contributed by atoms with van der Waals surface area (Å²) >= 11 is 0. The van der Waals surface area contributed by atoms with Gasteiger partial charge in [-0.05, 0) is 192 Å². The second kappa shape index (κ2) is 24.7. The quantitative estimate of drug-likeness (QED) is 0.0279. The molecule has 0 spiro atoms. The van der Waals surface area contributed by atoms with Crippen molar-refractivity contribution in [3.8, 4) is 51.7 Å². The van der Waals surface area contributed by atoms with Gasteiger partial charge in [0.1, 0.15) is 39.8 Å². The standard InChI is InChI=1S/C63H80O7/c1-14-18-24-47(7)66-53-35-27-48(28-36-53)25-22-20-19-21-23-26-49-29-37-54(38-30-49)67-58(64)61(11,15-2)63(13,17-4)70-57-42-32-51(44-46(57)6)50-31-41-56(45(5)43-50)68-59(65)62(12,16-3)69-55-39-33-52(34-40-55)60(8,9)10/h27-44,47H,14-17,19-23,25-26H2,1-13H3. The Morgan fingerprint density at radius 1 is 0.543 bits per heavy atom. The van der Waals surface area contributed by atoms with Crippen LogP contribution in [0.5, 0.6) is 28.7 Å². The van der Waals surface area contributed by atoms with Crippen molar-refractivity contribution in [3.05, 3.63) is 137 Å². The Kier molecular flexibility index (Phi) is 19.4. The molecule has 0 aromatic heterocycles. The highest BCUT2D eigenvalue weighted by Gasteiger charge is 2.51. The number of hydrogen-bond donors (Lipinski definition) is 0. The molecular weight excluding hydrogens is 869 g/mol. The predicted molar refractivity (Wildman–Crippen MR) is 286 cm³/mol. The van der Waals surface area contributed by atoms with Crippen LogP contribution in [-0.2, 0) is 27.8 Å². The molecule has 7 heteroatoms. The van der Waals surface area contributed by atoms with Gasteiger partial charge in [-0.15, -0.1) is 0 Å². The fourth-order valence-electron chi connectivity index (χ4n) is 8.53. The molecule has 70 heavy (non-hydrogen) atoms. The first-order valence-electron chi connectivity index (χ1n) is 25.7. The minimum absolute atomic E-state index is 0.0163. The zero-order valence-electron chi connectivity index (χ0n) is 44.6. The van der Waals surface area contributed by atoms with Crippen molar-refractivity contribution in [1.29, 1.82) is 0 Å². The van der Waals surface area contributed by atoms with Crippen LogP contribution in [0.4, 0.5) is 0 Å². The van der Waals surface area contributed by atoms with E-state index in [1.54, 1.807) is 6.92 Å². The minimum Gasteiger partial charge on any atom is -0.486 e. The molecule has 0 fully saturated rings. The Morgan fingerprint density at radius 2 is 1.06 bits per heavy atom. The van der Waals surface area contributed by atoms with Gasteiger partial charge in [-0.25, -0.2) is 4.79 Å². The van der Waals surface area contributed by atoms with Gasteiger partial charge >= 0.3 is 11.9 Å². The molecule has 5 aromatic carbocycles. The maximum absolute atomic E-state index is 14.1. The lowest BCUT2D eigenvalue weighted by Gasteiger charge is -2.43. The van der Waals surface area contributed by atoms with E-state index in [-0.39, 0.29) is 17.5 Å². The van der Waals surface area contributed by atoms with Crippen LogP contribution >= 0.6 is 0 Å². The zero-order valence-corrected chi connectivity index (χ0v) is 44.6. The molecule has 0 heterocycles. The summed E-state index contributed by atoms with van der Waals surface area (Å²) in [7, 11) is 0. The average molecular weight is 949 g/mol. The van der Waals surface area contributed by atoms with Crippen LogP contribution in [-0.4, -0.2) is 29.2 Å². The van der Waals surface area contributed by atoms with E-state index >= 15 is 0 Å². The Balaban J connectivity index is 1.11. The van der Waals surface area contributed by atoms with Crippen molar-refractivity contribution in [2.75, 3.05) is 0 Å². The number of carbonyl (C=O) groups is 2. The summed E-state index contributed by atoms with van der Waals surface area (Å²) in [6.07, 6.45) is 10.3. The lowest BCUT2D eigenvalue weighted by molar-refractivity contribution is -0.159. The van der Waals surface area contributed by atoms with Crippen molar-refractivity contribution in [2.45, 2.75) is 183 Å². The highest BCUT2D eigenvalue weighted by atomic mass is 16.6. The topological polar surface area (TPSA) is 80.3 Å². The number of aryl methyl sites for hydroxylation is 4. The first-order chi connectivity index (χ1) is 33.3. The Hall–Kier alpha value is -6.00. The van der Waals surface area contributed by atoms with Gasteiger partial charge in [0.05, 0.1) is 0 Å². The molecule has 4 atom stereocenters. The van der Waals surface area contributed by atoms with Crippen LogP contribution in [0.2, 0.25) is 0 Å². The molecule has 5 aromatic rings. The summed E-state index contributed by atoms with van der Waals surface area (Å²) in [5, 5.41) is 0. The van der Waals surface area contributed by atoms with Gasteiger partial charge in [-0.3, -0.25) is 4.79 Å². The summed E-state index contributed by atoms with van der Waals surface area (Å²) in [5.41, 5.74) is 4.57. The molecule has 0 amide bonds. The number of carbonyl (C=O) groups excluding carboxylic acids is 2. The van der Waals surface area contributed by atoms with Crippen molar-refractivity contribution in [1.82, 2.24) is 0 Å². The molecule has 0 radical (unpaired) electrons. The van der Waals surface area contributed by atoms with Crippen molar-refractivity contribution >= 4 is 11.9 Å². The van der Waals surface area contributed by atoms with E-state index in [0.29, 0.717) is 42.3 Å². The number of esters is 2. The monoisotopic (exact) mass is 949 g/mol. The number of hydrogen-bond acceptors (Lipinski definition) is 7. The fraction of sp³-hybridized carbons (Fsp3) is 0.460. The van der Waals surface area contributed by atoms with Gasteiger partial charge in [-0.2, -0.15) is 0 Å². The predicted octanol–water partition coefficient (Wildman–Crippen LogP) is 15.9. The van der Waals surface area contributed by atoms with Crippen LogP contribution in [0.1, 0.15) is 162 Å². The van der Waals surface area contributed by atoms with Gasteiger partial charge in [0.15, 0.2) is 6.10 Å². The van der Waals surface area contributed by atoms with Gasteiger partial charge in [0, 0.05) is 6.42 Å². The van der Waals surface area contributed by atoms with E-state index in [0.717, 1.165) is 53.7 Å². The van der Waals surface area contributed by atoms with Crippen LogP contribution in [0.3, 0.4) is 0 Å². The highest BCUT2D eigenvalue weighted by Crippen LogP contribution is 2.43. The van der Waals surface area contributed by atoms with Crippen LogP contribution in [0, 0.1) is 31.1 Å². The summed E-state index contributed by atoms with van der Waals surface area (Å²) in [4.78, 5) is 27.7. The maximum Gasteiger partial charge on any atom is 0.355 e. The van der Waals surface area contributed by atoms with Crippen LogP contribution in [0.15, 0.2) is 109 Å². The molecule has 0 aliphatic carbocycles. The van der Waals surface area contributed by atoms with Crippen LogP contribution < -0.4 is 23.7 Å². The molecule has 374 valence electrons. The Bertz CT molecular complexity index is 2540. The SMILES string of the molecule is CCC#CC(C)Oc1ccc(CCCCCCCc2ccc(OC(=O)C(C)(CC)C(C)(CC)Oc3ccc(-c4ccc(OC(=O)C(C)(CC)Oc5ccc(C(C)(C)C)cc5)c(C)c4)cc3C)cc2)cc1. The average Bonchev–Trinajstić information content (AvgIpc) is 3.34.